The average molecular weight is 430 g/mol. The van der Waals surface area contributed by atoms with E-state index in [1.165, 1.54) is 13.8 Å². The van der Waals surface area contributed by atoms with Crippen molar-refractivity contribution in [3.05, 3.63) is 0 Å². The van der Waals surface area contributed by atoms with E-state index < -0.39 is 72.2 Å². The number of amides is 2. The molecule has 2 amide bonds. The molecule has 12 nitrogen and oxygen atoms in total. The van der Waals surface area contributed by atoms with Gasteiger partial charge in [-0.05, 0) is 0 Å². The van der Waals surface area contributed by atoms with Gasteiger partial charge in [0.05, 0.1) is 0 Å². The van der Waals surface area contributed by atoms with Gasteiger partial charge < -0.3 is 29.6 Å². The second-order valence-corrected chi connectivity index (χ2v) is 6.75. The van der Waals surface area contributed by atoms with Crippen LogP contribution in [0, 0.1) is 0 Å². The Hall–Kier alpha value is -3.18. The first-order valence-corrected chi connectivity index (χ1v) is 9.06. The standard InChI is InChI=1S/C18H26N2O10/c1-7(21)19-13-15(27-9(3)23)14(20-8(2)22)17(29-11(5)25)18(30-12(6)26)16(13)28-10(4)24/h13-18H,1-6H3,(H,19,21)(H,20,22)/t13-,14+,15?,16-,17-,18?/m0/s1. The van der Waals surface area contributed by atoms with Crippen molar-refractivity contribution >= 4 is 35.7 Å². The number of hydrogen-bond acceptors (Lipinski definition) is 10. The molecule has 2 unspecified atom stereocenters. The van der Waals surface area contributed by atoms with Gasteiger partial charge >= 0.3 is 23.9 Å². The molecule has 1 aliphatic carbocycles. The normalized spacial score (nSPS) is 27.8. The molecule has 1 aliphatic rings. The van der Waals surface area contributed by atoms with E-state index in [1.54, 1.807) is 0 Å². The molecule has 1 saturated carbocycles. The molecule has 1 rings (SSSR count). The largest absolute Gasteiger partial charge is 0.458 e. The first-order chi connectivity index (χ1) is 13.8. The van der Waals surface area contributed by atoms with Crippen molar-refractivity contribution in [3.63, 3.8) is 0 Å². The lowest BCUT2D eigenvalue weighted by Crippen LogP contribution is -2.74. The molecule has 12 heteroatoms. The number of carbonyl (C=O) groups excluding carboxylic acids is 6. The molecule has 0 aromatic heterocycles. The van der Waals surface area contributed by atoms with E-state index in [4.69, 9.17) is 18.9 Å². The molecule has 168 valence electrons. The molecule has 0 aliphatic heterocycles. The summed E-state index contributed by atoms with van der Waals surface area (Å²) in [5.41, 5.74) is 0. The Balaban J connectivity index is 3.66. The summed E-state index contributed by atoms with van der Waals surface area (Å²) in [6.07, 6.45) is -5.53. The molecule has 2 N–H and O–H groups in total. The van der Waals surface area contributed by atoms with E-state index in [0.29, 0.717) is 0 Å². The lowest BCUT2D eigenvalue weighted by molar-refractivity contribution is -0.213. The Bertz CT molecular complexity index is 555. The highest BCUT2D eigenvalue weighted by Gasteiger charge is 2.58. The first-order valence-electron chi connectivity index (χ1n) is 9.06. The van der Waals surface area contributed by atoms with E-state index in [-0.39, 0.29) is 0 Å². The zero-order valence-corrected chi connectivity index (χ0v) is 17.5. The highest BCUT2D eigenvalue weighted by Crippen LogP contribution is 2.31. The molecular weight excluding hydrogens is 404 g/mol. The average Bonchev–Trinajstić information content (AvgIpc) is 2.55. The van der Waals surface area contributed by atoms with Crippen molar-refractivity contribution in [1.82, 2.24) is 10.6 Å². The second-order valence-electron chi connectivity index (χ2n) is 6.75. The summed E-state index contributed by atoms with van der Waals surface area (Å²) >= 11 is 0. The van der Waals surface area contributed by atoms with Crippen molar-refractivity contribution in [2.24, 2.45) is 0 Å². The van der Waals surface area contributed by atoms with Gasteiger partial charge in [-0.25, -0.2) is 0 Å². The summed E-state index contributed by atoms with van der Waals surface area (Å²) in [7, 11) is 0. The van der Waals surface area contributed by atoms with Gasteiger partial charge in [-0.3, -0.25) is 28.8 Å². The summed E-state index contributed by atoms with van der Waals surface area (Å²) < 4.78 is 21.1. The monoisotopic (exact) mass is 430 g/mol. The molecule has 0 heterocycles. The quantitative estimate of drug-likeness (QED) is 0.384. The number of nitrogens with one attached hydrogen (secondary N) is 2. The number of ether oxygens (including phenoxy) is 4. The van der Waals surface area contributed by atoms with Crippen molar-refractivity contribution in [2.45, 2.75) is 78.0 Å². The van der Waals surface area contributed by atoms with Crippen molar-refractivity contribution < 1.29 is 47.7 Å². The van der Waals surface area contributed by atoms with Crippen LogP contribution in [0.4, 0.5) is 0 Å². The Morgan fingerprint density at radius 2 is 0.733 bits per heavy atom. The van der Waals surface area contributed by atoms with Gasteiger partial charge in [-0.1, -0.05) is 0 Å². The van der Waals surface area contributed by atoms with Gasteiger partial charge in [0.1, 0.15) is 18.2 Å². The Labute approximate surface area is 172 Å². The maximum atomic E-state index is 11.8. The lowest BCUT2D eigenvalue weighted by atomic mass is 9.80. The minimum atomic E-state index is -1.42. The summed E-state index contributed by atoms with van der Waals surface area (Å²) in [4.78, 5) is 70.6. The molecule has 6 atom stereocenters. The molecular formula is C18H26N2O10. The Morgan fingerprint density at radius 3 is 1.00 bits per heavy atom. The predicted octanol–water partition coefficient (Wildman–Crippen LogP) is -1.26. The van der Waals surface area contributed by atoms with E-state index >= 15 is 0 Å². The van der Waals surface area contributed by atoms with Crippen molar-refractivity contribution in [2.75, 3.05) is 0 Å². The molecule has 0 bridgehead atoms. The van der Waals surface area contributed by atoms with E-state index in [1.807, 2.05) is 0 Å². The predicted molar refractivity (Wildman–Crippen MR) is 97.4 cm³/mol. The number of carbonyl (C=O) groups is 6. The topological polar surface area (TPSA) is 163 Å². The van der Waals surface area contributed by atoms with Gasteiger partial charge in [-0.15, -0.1) is 0 Å². The zero-order chi connectivity index (χ0) is 23.2. The third kappa shape index (κ3) is 7.01. The molecule has 30 heavy (non-hydrogen) atoms. The second kappa shape index (κ2) is 10.6. The van der Waals surface area contributed by atoms with Crippen molar-refractivity contribution in [1.29, 1.82) is 0 Å². The molecule has 0 saturated heterocycles. The lowest BCUT2D eigenvalue weighted by Gasteiger charge is -2.48. The summed E-state index contributed by atoms with van der Waals surface area (Å²) in [5, 5.41) is 4.99. The van der Waals surface area contributed by atoms with Gasteiger partial charge in [0.15, 0.2) is 18.3 Å². The van der Waals surface area contributed by atoms with Gasteiger partial charge in [0, 0.05) is 41.5 Å². The SMILES string of the molecule is CC(=O)N[C@@H]1C(OC(C)=O)[C@H](NC(C)=O)[C@H](OC(C)=O)C(OC(C)=O)[C@H]1OC(C)=O. The molecule has 1 fully saturated rings. The molecule has 0 radical (unpaired) electrons. The van der Waals surface area contributed by atoms with E-state index in [9.17, 15) is 28.8 Å². The minimum Gasteiger partial charge on any atom is -0.458 e. The zero-order valence-electron chi connectivity index (χ0n) is 17.5. The van der Waals surface area contributed by atoms with Crippen LogP contribution in [0.3, 0.4) is 0 Å². The fraction of sp³-hybridized carbons (Fsp3) is 0.667. The molecule has 0 spiro atoms. The third-order valence-electron chi connectivity index (χ3n) is 4.01. The Kier molecular flexibility index (Phi) is 8.75. The van der Waals surface area contributed by atoms with Crippen LogP contribution in [0.1, 0.15) is 41.5 Å². The summed E-state index contributed by atoms with van der Waals surface area (Å²) in [6.45, 7) is 6.67. The number of rotatable bonds is 6. The maximum absolute atomic E-state index is 11.8. The minimum absolute atomic E-state index is 0.580. The van der Waals surface area contributed by atoms with E-state index in [0.717, 1.165) is 27.7 Å². The Morgan fingerprint density at radius 1 is 0.467 bits per heavy atom. The van der Waals surface area contributed by atoms with Crippen LogP contribution in [-0.2, 0) is 47.7 Å². The maximum Gasteiger partial charge on any atom is 0.303 e. The third-order valence-corrected chi connectivity index (χ3v) is 4.01. The highest BCUT2D eigenvalue weighted by molar-refractivity contribution is 5.76. The van der Waals surface area contributed by atoms with Crippen LogP contribution in [0.2, 0.25) is 0 Å². The first kappa shape index (κ1) is 24.9. The smallest absolute Gasteiger partial charge is 0.303 e. The van der Waals surface area contributed by atoms with Gasteiger partial charge in [0.25, 0.3) is 0 Å². The van der Waals surface area contributed by atoms with Gasteiger partial charge in [0.2, 0.25) is 11.8 Å². The van der Waals surface area contributed by atoms with Crippen LogP contribution < -0.4 is 10.6 Å². The van der Waals surface area contributed by atoms with Crippen LogP contribution in [0.25, 0.3) is 0 Å². The van der Waals surface area contributed by atoms with Crippen LogP contribution in [-0.4, -0.2) is 72.2 Å². The van der Waals surface area contributed by atoms with Crippen LogP contribution in [0.15, 0.2) is 0 Å². The molecule has 0 aromatic carbocycles. The highest BCUT2D eigenvalue weighted by atomic mass is 16.6. The fourth-order valence-electron chi connectivity index (χ4n) is 3.32. The van der Waals surface area contributed by atoms with Crippen LogP contribution >= 0.6 is 0 Å². The van der Waals surface area contributed by atoms with E-state index in [2.05, 4.69) is 10.6 Å². The van der Waals surface area contributed by atoms with Crippen LogP contribution in [0.5, 0.6) is 0 Å². The molecule has 0 aromatic rings. The van der Waals surface area contributed by atoms with Crippen molar-refractivity contribution in [3.8, 4) is 0 Å². The van der Waals surface area contributed by atoms with Gasteiger partial charge in [-0.2, -0.15) is 0 Å². The fourth-order valence-corrected chi connectivity index (χ4v) is 3.32. The number of hydrogen-bond donors (Lipinski definition) is 2. The summed E-state index contributed by atoms with van der Waals surface area (Å²) in [5.74, 6) is -4.34. The summed E-state index contributed by atoms with van der Waals surface area (Å²) in [6, 6.07) is -2.47. The number of esters is 4.